The standard InChI is InChI=1S/C28H32N2O6/c1-28(2,3)36-27(34)30-13-17-12-29(15-23(25(31)32)22(17)14-30)26(33)35-16-24-20-10-6-4-8-18(20)19-9-5-7-11-21(19)24/h4-11,17,22-24H,12-16H2,1-3H3,(H,31,32)/t17-,22-,23+/m0/s1. The van der Waals surface area contributed by atoms with Gasteiger partial charge in [0.05, 0.1) is 5.92 Å². The molecule has 1 N–H and O–H groups in total. The van der Waals surface area contributed by atoms with Crippen LogP contribution in [0.3, 0.4) is 0 Å². The van der Waals surface area contributed by atoms with Gasteiger partial charge in [0.1, 0.15) is 12.2 Å². The van der Waals surface area contributed by atoms with Crippen molar-refractivity contribution in [2.45, 2.75) is 32.3 Å². The Morgan fingerprint density at radius 2 is 1.42 bits per heavy atom. The summed E-state index contributed by atoms with van der Waals surface area (Å²) < 4.78 is 11.3. The Bertz CT molecular complexity index is 1140. The van der Waals surface area contributed by atoms with Crippen LogP contribution < -0.4 is 0 Å². The minimum atomic E-state index is -0.966. The van der Waals surface area contributed by atoms with E-state index in [0.717, 1.165) is 22.3 Å². The number of rotatable bonds is 3. The van der Waals surface area contributed by atoms with Crippen LogP contribution in [-0.2, 0) is 14.3 Å². The van der Waals surface area contributed by atoms with Gasteiger partial charge in [-0.05, 0) is 54.9 Å². The summed E-state index contributed by atoms with van der Waals surface area (Å²) in [7, 11) is 0. The number of piperidine rings is 1. The van der Waals surface area contributed by atoms with E-state index in [1.54, 1.807) is 25.7 Å². The van der Waals surface area contributed by atoms with Crippen molar-refractivity contribution in [2.75, 3.05) is 32.8 Å². The molecule has 1 aliphatic carbocycles. The molecule has 0 radical (unpaired) electrons. The van der Waals surface area contributed by atoms with Gasteiger partial charge in [0.15, 0.2) is 0 Å². The molecule has 2 aromatic rings. The largest absolute Gasteiger partial charge is 0.481 e. The Balaban J connectivity index is 1.27. The topological polar surface area (TPSA) is 96.4 Å². The summed E-state index contributed by atoms with van der Waals surface area (Å²) >= 11 is 0. The molecule has 2 saturated heterocycles. The molecule has 0 aromatic heterocycles. The molecular formula is C28H32N2O6. The van der Waals surface area contributed by atoms with Crippen molar-refractivity contribution in [3.05, 3.63) is 59.7 Å². The Morgan fingerprint density at radius 1 is 0.861 bits per heavy atom. The normalized spacial score (nSPS) is 23.0. The molecule has 2 aliphatic heterocycles. The zero-order valence-electron chi connectivity index (χ0n) is 20.8. The number of carbonyl (C=O) groups excluding carboxylic acids is 2. The third-order valence-electron chi connectivity index (χ3n) is 7.44. The molecule has 3 aliphatic rings. The number of likely N-dealkylation sites (tertiary alicyclic amines) is 2. The first kappa shape index (κ1) is 24.2. The van der Waals surface area contributed by atoms with Crippen molar-refractivity contribution in [2.24, 2.45) is 17.8 Å². The average molecular weight is 493 g/mol. The van der Waals surface area contributed by atoms with Crippen LogP contribution in [0.1, 0.15) is 37.8 Å². The van der Waals surface area contributed by atoms with E-state index in [4.69, 9.17) is 9.47 Å². The number of hydrogen-bond donors (Lipinski definition) is 1. The van der Waals surface area contributed by atoms with E-state index in [1.807, 2.05) is 24.3 Å². The maximum Gasteiger partial charge on any atom is 0.410 e. The van der Waals surface area contributed by atoms with E-state index >= 15 is 0 Å². The number of amides is 2. The fourth-order valence-electron chi connectivity index (χ4n) is 5.85. The van der Waals surface area contributed by atoms with Crippen LogP contribution in [0.2, 0.25) is 0 Å². The number of fused-ring (bicyclic) bond motifs is 4. The zero-order valence-corrected chi connectivity index (χ0v) is 20.8. The van der Waals surface area contributed by atoms with E-state index in [0.29, 0.717) is 19.6 Å². The van der Waals surface area contributed by atoms with Crippen molar-refractivity contribution in [1.29, 1.82) is 0 Å². The summed E-state index contributed by atoms with van der Waals surface area (Å²) in [5, 5.41) is 9.90. The molecule has 0 saturated carbocycles. The highest BCUT2D eigenvalue weighted by molar-refractivity contribution is 5.79. The molecule has 8 heteroatoms. The van der Waals surface area contributed by atoms with Crippen molar-refractivity contribution in [3.63, 3.8) is 0 Å². The first-order valence-corrected chi connectivity index (χ1v) is 12.4. The Morgan fingerprint density at radius 3 is 1.97 bits per heavy atom. The van der Waals surface area contributed by atoms with Gasteiger partial charge in [-0.1, -0.05) is 48.5 Å². The quantitative estimate of drug-likeness (QED) is 0.681. The van der Waals surface area contributed by atoms with Crippen molar-refractivity contribution < 1.29 is 29.0 Å². The Kier molecular flexibility index (Phi) is 6.14. The predicted molar refractivity (Wildman–Crippen MR) is 133 cm³/mol. The zero-order chi connectivity index (χ0) is 25.6. The number of carboxylic acids is 1. The molecule has 0 spiro atoms. The average Bonchev–Trinajstić information content (AvgIpc) is 3.40. The number of ether oxygens (including phenoxy) is 2. The Labute approximate surface area is 210 Å². The van der Waals surface area contributed by atoms with Crippen LogP contribution in [0.5, 0.6) is 0 Å². The number of carbonyl (C=O) groups is 3. The van der Waals surface area contributed by atoms with Crippen LogP contribution in [0, 0.1) is 17.8 Å². The van der Waals surface area contributed by atoms with Gasteiger partial charge in [0.2, 0.25) is 0 Å². The van der Waals surface area contributed by atoms with Crippen molar-refractivity contribution in [1.82, 2.24) is 9.80 Å². The first-order chi connectivity index (χ1) is 17.1. The smallest absolute Gasteiger partial charge is 0.410 e. The maximum atomic E-state index is 13.1. The molecular weight excluding hydrogens is 460 g/mol. The summed E-state index contributed by atoms with van der Waals surface area (Å²) in [4.78, 5) is 40.9. The molecule has 8 nitrogen and oxygen atoms in total. The highest BCUT2D eigenvalue weighted by Crippen LogP contribution is 2.44. The number of hydrogen-bond acceptors (Lipinski definition) is 5. The summed E-state index contributed by atoms with van der Waals surface area (Å²) in [6.45, 7) is 6.66. The summed E-state index contributed by atoms with van der Waals surface area (Å²) in [5.41, 5.74) is 3.91. The summed E-state index contributed by atoms with van der Waals surface area (Å²) in [6, 6.07) is 16.2. The first-order valence-electron chi connectivity index (χ1n) is 12.4. The van der Waals surface area contributed by atoms with Crippen molar-refractivity contribution >= 4 is 18.2 Å². The van der Waals surface area contributed by atoms with E-state index in [1.165, 1.54) is 4.90 Å². The molecule has 0 unspecified atom stereocenters. The van der Waals surface area contributed by atoms with Gasteiger partial charge >= 0.3 is 18.2 Å². The van der Waals surface area contributed by atoms with Crippen LogP contribution in [0.4, 0.5) is 9.59 Å². The van der Waals surface area contributed by atoms with E-state index in [9.17, 15) is 19.5 Å². The molecule has 2 aromatic carbocycles. The molecule has 2 fully saturated rings. The molecule has 36 heavy (non-hydrogen) atoms. The molecule has 190 valence electrons. The van der Waals surface area contributed by atoms with Gasteiger partial charge in [-0.25, -0.2) is 9.59 Å². The molecule has 2 amide bonds. The van der Waals surface area contributed by atoms with Crippen LogP contribution in [0.15, 0.2) is 48.5 Å². The second-order valence-electron chi connectivity index (χ2n) is 11.0. The minimum Gasteiger partial charge on any atom is -0.481 e. The molecule has 3 atom stereocenters. The van der Waals surface area contributed by atoms with Gasteiger partial charge in [0, 0.05) is 32.1 Å². The highest BCUT2D eigenvalue weighted by Gasteiger charge is 2.49. The lowest BCUT2D eigenvalue weighted by Gasteiger charge is -2.37. The van der Waals surface area contributed by atoms with Gasteiger partial charge in [-0.2, -0.15) is 0 Å². The van der Waals surface area contributed by atoms with Crippen LogP contribution in [-0.4, -0.2) is 71.4 Å². The summed E-state index contributed by atoms with van der Waals surface area (Å²) in [6.07, 6.45) is -0.967. The number of nitrogens with zero attached hydrogens (tertiary/aromatic N) is 2. The van der Waals surface area contributed by atoms with Crippen LogP contribution in [0.25, 0.3) is 11.1 Å². The van der Waals surface area contributed by atoms with Gasteiger partial charge in [-0.3, -0.25) is 4.79 Å². The molecule has 2 heterocycles. The monoisotopic (exact) mass is 492 g/mol. The van der Waals surface area contributed by atoms with E-state index < -0.39 is 29.7 Å². The van der Waals surface area contributed by atoms with Gasteiger partial charge in [0.25, 0.3) is 0 Å². The number of aliphatic carboxylic acids is 1. The van der Waals surface area contributed by atoms with E-state index in [2.05, 4.69) is 24.3 Å². The maximum absolute atomic E-state index is 13.1. The minimum absolute atomic E-state index is 0.0648. The number of benzene rings is 2. The van der Waals surface area contributed by atoms with Crippen molar-refractivity contribution in [3.8, 4) is 11.1 Å². The lowest BCUT2D eigenvalue weighted by molar-refractivity contribution is -0.146. The van der Waals surface area contributed by atoms with Gasteiger partial charge < -0.3 is 24.4 Å². The lowest BCUT2D eigenvalue weighted by atomic mass is 9.80. The third-order valence-corrected chi connectivity index (χ3v) is 7.44. The third kappa shape index (κ3) is 4.52. The number of carboxylic acid groups (broad SMARTS) is 1. The lowest BCUT2D eigenvalue weighted by Crippen LogP contribution is -2.51. The summed E-state index contributed by atoms with van der Waals surface area (Å²) in [5.74, 6) is -2.17. The second kappa shape index (κ2) is 9.15. The SMILES string of the molecule is CC(C)(C)OC(=O)N1C[C@@H]2CN(C(=O)OCC3c4ccccc4-c4ccccc43)C[C@@H](C(=O)O)[C@H]2C1. The van der Waals surface area contributed by atoms with Gasteiger partial charge in [-0.15, -0.1) is 0 Å². The molecule has 0 bridgehead atoms. The van der Waals surface area contributed by atoms with Crippen LogP contribution >= 0.6 is 0 Å². The predicted octanol–water partition coefficient (Wildman–Crippen LogP) is 4.44. The fraction of sp³-hybridized carbons (Fsp3) is 0.464. The fourth-order valence-corrected chi connectivity index (χ4v) is 5.85. The van der Waals surface area contributed by atoms with E-state index in [-0.39, 0.29) is 30.9 Å². The Hall–Kier alpha value is -3.55. The second-order valence-corrected chi connectivity index (χ2v) is 11.0. The highest BCUT2D eigenvalue weighted by atomic mass is 16.6. The molecule has 5 rings (SSSR count).